The van der Waals surface area contributed by atoms with E-state index in [1.807, 2.05) is 6.20 Å². The van der Waals surface area contributed by atoms with Crippen LogP contribution in [0, 0.1) is 17.7 Å². The lowest BCUT2D eigenvalue weighted by atomic mass is 9.43. The molecular weight excluding hydrogens is 393 g/mol. The highest BCUT2D eigenvalue weighted by molar-refractivity contribution is 5.97. The quantitative estimate of drug-likeness (QED) is 0.683. The second kappa shape index (κ2) is 6.49. The number of carbonyl (C=O) groups excluding carboxylic acids is 1. The summed E-state index contributed by atoms with van der Waals surface area (Å²) >= 11 is 0. The molecule has 31 heavy (non-hydrogen) atoms. The number of nitrogens with zero attached hydrogens (tertiary/aromatic N) is 2. The molecule has 0 aliphatic heterocycles. The normalized spacial score (nSPS) is 26.3. The van der Waals surface area contributed by atoms with Gasteiger partial charge in [-0.1, -0.05) is 19.1 Å². The number of benzene rings is 1. The Balaban J connectivity index is 1.44. The molecular formula is C25H24FN3O2. The van der Waals surface area contributed by atoms with E-state index in [4.69, 9.17) is 0 Å². The molecule has 3 aromatic rings. The van der Waals surface area contributed by atoms with Crippen LogP contribution in [-0.4, -0.2) is 21.0 Å². The number of rotatable bonds is 5. The van der Waals surface area contributed by atoms with Crippen molar-refractivity contribution >= 4 is 16.9 Å². The third kappa shape index (κ3) is 2.92. The third-order valence-corrected chi connectivity index (χ3v) is 7.69. The van der Waals surface area contributed by atoms with E-state index in [1.54, 1.807) is 22.8 Å². The fourth-order valence-electron chi connectivity index (χ4n) is 5.24. The summed E-state index contributed by atoms with van der Waals surface area (Å²) in [6, 6.07) is 9.82. The highest BCUT2D eigenvalue weighted by atomic mass is 19.1. The molecule has 4 aliphatic rings. The molecule has 2 bridgehead atoms. The summed E-state index contributed by atoms with van der Waals surface area (Å²) in [5, 5.41) is 3.95. The fourth-order valence-corrected chi connectivity index (χ4v) is 5.24. The Hall–Kier alpha value is -3.02. The van der Waals surface area contributed by atoms with E-state index in [-0.39, 0.29) is 34.9 Å². The van der Waals surface area contributed by atoms with Crippen molar-refractivity contribution in [1.82, 2.24) is 14.9 Å². The van der Waals surface area contributed by atoms with Crippen molar-refractivity contribution in [2.24, 2.45) is 11.8 Å². The van der Waals surface area contributed by atoms with Crippen LogP contribution in [0.15, 0.2) is 47.4 Å². The van der Waals surface area contributed by atoms with Crippen LogP contribution in [0.5, 0.6) is 0 Å². The lowest BCUT2D eigenvalue weighted by Gasteiger charge is -2.67. The lowest BCUT2D eigenvalue weighted by molar-refractivity contribution is -0.118. The minimum atomic E-state index is -0.361. The van der Waals surface area contributed by atoms with Gasteiger partial charge >= 0.3 is 0 Å². The summed E-state index contributed by atoms with van der Waals surface area (Å²) in [5.41, 5.74) is 2.14. The van der Waals surface area contributed by atoms with Gasteiger partial charge in [0.15, 0.2) is 0 Å². The van der Waals surface area contributed by atoms with E-state index in [9.17, 15) is 14.0 Å². The molecule has 1 aromatic carbocycles. The predicted molar refractivity (Wildman–Crippen MR) is 116 cm³/mol. The van der Waals surface area contributed by atoms with Crippen LogP contribution < -0.4 is 10.9 Å². The van der Waals surface area contributed by atoms with Crippen molar-refractivity contribution < 1.29 is 9.18 Å². The molecule has 4 aliphatic carbocycles. The van der Waals surface area contributed by atoms with Crippen LogP contribution >= 0.6 is 0 Å². The predicted octanol–water partition coefficient (Wildman–Crippen LogP) is 3.99. The monoisotopic (exact) mass is 417 g/mol. The summed E-state index contributed by atoms with van der Waals surface area (Å²) in [6.45, 7) is 2.40. The highest BCUT2D eigenvalue weighted by Crippen LogP contribution is 2.61. The molecule has 0 spiro atoms. The maximum absolute atomic E-state index is 13.4. The van der Waals surface area contributed by atoms with Gasteiger partial charge in [0, 0.05) is 17.1 Å². The molecule has 1 amide bonds. The Morgan fingerprint density at radius 2 is 1.97 bits per heavy atom. The highest BCUT2D eigenvalue weighted by Gasteiger charge is 2.63. The molecule has 6 heteroatoms. The first-order valence-electron chi connectivity index (χ1n) is 11.0. The molecule has 1 N–H and O–H groups in total. The topological polar surface area (TPSA) is 64.0 Å². The van der Waals surface area contributed by atoms with E-state index >= 15 is 0 Å². The maximum Gasteiger partial charge on any atom is 0.265 e. The average Bonchev–Trinajstić information content (AvgIpc) is 3.59. The summed E-state index contributed by atoms with van der Waals surface area (Å²) in [4.78, 5) is 31.2. The van der Waals surface area contributed by atoms with Gasteiger partial charge < -0.3 is 5.32 Å². The van der Waals surface area contributed by atoms with Crippen molar-refractivity contribution in [3.8, 4) is 0 Å². The van der Waals surface area contributed by atoms with Crippen LogP contribution in [0.3, 0.4) is 0 Å². The summed E-state index contributed by atoms with van der Waals surface area (Å²) in [6.07, 6.45) is 6.15. The van der Waals surface area contributed by atoms with E-state index in [0.717, 1.165) is 42.2 Å². The van der Waals surface area contributed by atoms with E-state index in [2.05, 4.69) is 23.3 Å². The van der Waals surface area contributed by atoms with Gasteiger partial charge in [-0.05, 0) is 78.8 Å². The maximum atomic E-state index is 13.4. The number of amides is 1. The van der Waals surface area contributed by atoms with Crippen molar-refractivity contribution in [1.29, 1.82) is 0 Å². The number of nitrogens with one attached hydrogen (secondary N) is 1. The van der Waals surface area contributed by atoms with Crippen molar-refractivity contribution in [2.75, 3.05) is 0 Å². The molecule has 5 nitrogen and oxygen atoms in total. The molecule has 0 saturated heterocycles. The van der Waals surface area contributed by atoms with Crippen molar-refractivity contribution in [3.05, 3.63) is 75.5 Å². The number of hydrogen-bond donors (Lipinski definition) is 1. The summed E-state index contributed by atoms with van der Waals surface area (Å²) in [7, 11) is 0. The Morgan fingerprint density at radius 3 is 2.58 bits per heavy atom. The minimum absolute atomic E-state index is 0.140. The zero-order valence-electron chi connectivity index (χ0n) is 17.4. The number of fused-ring (bicyclic) bond motifs is 1. The first kappa shape index (κ1) is 18.7. The van der Waals surface area contributed by atoms with Gasteiger partial charge in [-0.3, -0.25) is 14.2 Å². The van der Waals surface area contributed by atoms with Gasteiger partial charge in [0.2, 0.25) is 0 Å². The van der Waals surface area contributed by atoms with Crippen LogP contribution in [0.25, 0.3) is 11.0 Å². The Labute approximate surface area is 179 Å². The fraction of sp³-hybridized carbons (Fsp3) is 0.400. The average molecular weight is 417 g/mol. The van der Waals surface area contributed by atoms with Crippen LogP contribution in [0.2, 0.25) is 0 Å². The number of pyridine rings is 2. The van der Waals surface area contributed by atoms with Crippen LogP contribution in [0.1, 0.15) is 60.0 Å². The minimum Gasteiger partial charge on any atom is -0.346 e. The van der Waals surface area contributed by atoms with Crippen LogP contribution in [0.4, 0.5) is 4.39 Å². The molecule has 4 saturated carbocycles. The van der Waals surface area contributed by atoms with Gasteiger partial charge in [0.05, 0.1) is 6.54 Å². The standard InChI is InChI=1S/C25H24FN3O2/c1-14-19-10-25(14,11-19)28-23(30)21-9-17-8-18(16-4-5-16)12-27-22(17)29(24(21)31)13-15-2-6-20(26)7-3-15/h2-3,6-9,12,14,16,19H,4-5,10-11,13H2,1H3,(H,28,30)/t14-,19?,25?/m1/s1. The Morgan fingerprint density at radius 1 is 1.23 bits per heavy atom. The number of hydrogen-bond acceptors (Lipinski definition) is 3. The Kier molecular flexibility index (Phi) is 3.92. The van der Waals surface area contributed by atoms with Crippen LogP contribution in [-0.2, 0) is 6.54 Å². The van der Waals surface area contributed by atoms with Gasteiger partial charge in [-0.25, -0.2) is 9.37 Å². The summed E-state index contributed by atoms with van der Waals surface area (Å²) < 4.78 is 14.9. The molecule has 2 heterocycles. The molecule has 4 fully saturated rings. The molecule has 0 unspecified atom stereocenters. The molecule has 158 valence electrons. The van der Waals surface area contributed by atoms with Gasteiger partial charge in [-0.2, -0.15) is 0 Å². The number of carbonyl (C=O) groups is 1. The van der Waals surface area contributed by atoms with E-state index < -0.39 is 0 Å². The SMILES string of the molecule is C[C@@H]1C2CC1(NC(=O)c1cc3cc(C4CC4)cnc3n(Cc3ccc(F)cc3)c1=O)C2. The first-order chi connectivity index (χ1) is 14.9. The number of halogens is 1. The molecule has 1 atom stereocenters. The zero-order valence-corrected chi connectivity index (χ0v) is 17.4. The molecule has 7 rings (SSSR count). The summed E-state index contributed by atoms with van der Waals surface area (Å²) in [5.74, 6) is 1.07. The second-order valence-electron chi connectivity index (χ2n) is 9.60. The smallest absolute Gasteiger partial charge is 0.265 e. The third-order valence-electron chi connectivity index (χ3n) is 7.69. The molecule has 2 aromatic heterocycles. The largest absolute Gasteiger partial charge is 0.346 e. The number of aromatic nitrogens is 2. The lowest BCUT2D eigenvalue weighted by Crippen LogP contribution is -2.74. The van der Waals surface area contributed by atoms with Gasteiger partial charge in [0.1, 0.15) is 17.0 Å². The van der Waals surface area contributed by atoms with E-state index in [0.29, 0.717) is 23.4 Å². The van der Waals surface area contributed by atoms with Crippen molar-refractivity contribution in [3.63, 3.8) is 0 Å². The van der Waals surface area contributed by atoms with Crippen molar-refractivity contribution in [2.45, 2.75) is 50.6 Å². The second-order valence-corrected chi connectivity index (χ2v) is 9.60. The Bertz CT molecular complexity index is 1270. The van der Waals surface area contributed by atoms with E-state index in [1.165, 1.54) is 12.1 Å². The zero-order chi connectivity index (χ0) is 21.3. The first-order valence-corrected chi connectivity index (χ1v) is 11.0. The van der Waals surface area contributed by atoms with Gasteiger partial charge in [-0.15, -0.1) is 0 Å². The van der Waals surface area contributed by atoms with Gasteiger partial charge in [0.25, 0.3) is 11.5 Å². The molecule has 0 radical (unpaired) electrons.